The van der Waals surface area contributed by atoms with Gasteiger partial charge in [0.05, 0.1) is 51.1 Å². The third-order valence-corrected chi connectivity index (χ3v) is 13.5. The summed E-state index contributed by atoms with van der Waals surface area (Å²) in [6.07, 6.45) is -4.50. The predicted octanol–water partition coefficient (Wildman–Crippen LogP) is 7.69. The number of anilines is 2. The minimum Gasteiger partial charge on any atom is -0.484 e. The monoisotopic (exact) mass is 1010 g/mol. The van der Waals surface area contributed by atoms with Crippen LogP contribution in [-0.4, -0.2) is 86.7 Å². The number of hydrogen-bond acceptors (Lipinski definition) is 11. The molecule has 368 valence electrons. The average molecular weight is 1010 g/mol. The zero-order valence-electron chi connectivity index (χ0n) is 39.4. The smallest absolute Gasteiger partial charge is 0.417 e. The molecule has 0 aliphatic carbocycles. The fourth-order valence-corrected chi connectivity index (χ4v) is 9.85. The Morgan fingerprint density at radius 1 is 1.00 bits per heavy atom. The molecule has 2 aliphatic rings. The van der Waals surface area contributed by atoms with Gasteiger partial charge in [0.1, 0.15) is 35.7 Å². The number of ether oxygens (including phenoxy) is 2. The maximum atomic E-state index is 13.9. The van der Waals surface area contributed by atoms with Gasteiger partial charge in [0.25, 0.3) is 11.8 Å². The summed E-state index contributed by atoms with van der Waals surface area (Å²) in [6, 6.07) is 23.1. The molecule has 3 heterocycles. The zero-order valence-corrected chi connectivity index (χ0v) is 41.0. The van der Waals surface area contributed by atoms with Crippen molar-refractivity contribution in [1.29, 1.82) is 5.26 Å². The fourth-order valence-electron chi connectivity index (χ4n) is 8.51. The van der Waals surface area contributed by atoms with Crippen molar-refractivity contribution >= 4 is 63.7 Å². The number of aliphatic hydroxyl groups excluding tert-OH is 1. The molecule has 71 heavy (non-hydrogen) atoms. The van der Waals surface area contributed by atoms with E-state index in [0.29, 0.717) is 35.6 Å². The van der Waals surface area contributed by atoms with Crippen LogP contribution in [0.2, 0.25) is 0 Å². The first-order chi connectivity index (χ1) is 33.8. The van der Waals surface area contributed by atoms with Gasteiger partial charge in [-0.2, -0.15) is 18.4 Å². The molecule has 0 radical (unpaired) electrons. The highest BCUT2D eigenvalue weighted by atomic mass is 32.1. The second kappa shape index (κ2) is 21.8. The van der Waals surface area contributed by atoms with Crippen LogP contribution in [0.15, 0.2) is 96.5 Å². The topological polar surface area (TPSA) is 177 Å². The Labute approximate surface area is 418 Å². The number of benzene rings is 4. The van der Waals surface area contributed by atoms with E-state index in [9.17, 15) is 42.7 Å². The van der Waals surface area contributed by atoms with Crippen LogP contribution >= 0.6 is 23.6 Å². The van der Waals surface area contributed by atoms with E-state index in [1.54, 1.807) is 84.1 Å². The molecule has 2 saturated heterocycles. The number of thiocarbonyl (C=S) groups is 1. The van der Waals surface area contributed by atoms with Crippen molar-refractivity contribution in [2.75, 3.05) is 23.0 Å². The third-order valence-electron chi connectivity index (χ3n) is 12.1. The molecule has 7 rings (SSSR count). The summed E-state index contributed by atoms with van der Waals surface area (Å²) in [5.41, 5.74) is 2.68. The van der Waals surface area contributed by atoms with Crippen molar-refractivity contribution in [2.24, 2.45) is 0 Å². The lowest BCUT2D eigenvalue weighted by Gasteiger charge is -2.32. The predicted molar refractivity (Wildman–Crippen MR) is 265 cm³/mol. The van der Waals surface area contributed by atoms with Gasteiger partial charge in [-0.25, -0.2) is 4.98 Å². The SMILES string of the molecule is CCCC1[C@H](O)C[C@@H](C(=O)NCc2ccc(-c3scnc3C)cc2)N1C(=O)C(C)NC(=O)COc1ccc(OCC#Cc2ccc(N3C(=S)N(c4ccc(C#N)c(C(F)(F)F)c4)C(=O)C3(C)C)cc2)cc1. The molecule has 19 heteroatoms. The Bertz CT molecular complexity index is 2910. The van der Waals surface area contributed by atoms with E-state index in [1.807, 2.05) is 38.1 Å². The highest BCUT2D eigenvalue weighted by molar-refractivity contribution is 7.81. The number of carbonyl (C=O) groups is 4. The van der Waals surface area contributed by atoms with Crippen molar-refractivity contribution in [1.82, 2.24) is 20.5 Å². The lowest BCUT2D eigenvalue weighted by Crippen LogP contribution is -2.55. The molecule has 4 atom stereocenters. The summed E-state index contributed by atoms with van der Waals surface area (Å²) in [6.45, 7) is 8.49. The van der Waals surface area contributed by atoms with Crippen LogP contribution < -0.4 is 29.9 Å². The van der Waals surface area contributed by atoms with E-state index in [0.717, 1.165) is 38.7 Å². The average Bonchev–Trinajstić information content (AvgIpc) is 3.98. The number of nitriles is 1. The van der Waals surface area contributed by atoms with Crippen LogP contribution in [-0.2, 0) is 31.9 Å². The van der Waals surface area contributed by atoms with Crippen LogP contribution in [0.1, 0.15) is 74.9 Å². The number of alkyl halides is 3. The second-order valence-corrected chi connectivity index (χ2v) is 18.7. The Morgan fingerprint density at radius 3 is 2.28 bits per heavy atom. The van der Waals surface area contributed by atoms with Crippen LogP contribution in [0, 0.1) is 30.1 Å². The molecule has 1 aromatic heterocycles. The quantitative estimate of drug-likeness (QED) is 0.0693. The molecule has 2 unspecified atom stereocenters. The number of aryl methyl sites for hydroxylation is 1. The van der Waals surface area contributed by atoms with E-state index in [-0.39, 0.29) is 30.4 Å². The molecule has 5 aromatic rings. The largest absolute Gasteiger partial charge is 0.484 e. The number of nitrogens with zero attached hydrogens (tertiary/aromatic N) is 5. The number of nitrogens with one attached hydrogen (secondary N) is 2. The highest BCUT2D eigenvalue weighted by Crippen LogP contribution is 2.40. The van der Waals surface area contributed by atoms with E-state index in [4.69, 9.17) is 21.7 Å². The third kappa shape index (κ3) is 11.5. The van der Waals surface area contributed by atoms with Gasteiger partial charge in [-0.1, -0.05) is 49.5 Å². The van der Waals surface area contributed by atoms with Gasteiger partial charge in [0.2, 0.25) is 11.8 Å². The highest BCUT2D eigenvalue weighted by Gasteiger charge is 2.51. The Morgan fingerprint density at radius 2 is 1.66 bits per heavy atom. The molecule has 0 spiro atoms. The van der Waals surface area contributed by atoms with Crippen LogP contribution in [0.4, 0.5) is 24.5 Å². The second-order valence-electron chi connectivity index (χ2n) is 17.4. The first kappa shape index (κ1) is 51.5. The van der Waals surface area contributed by atoms with Crippen molar-refractivity contribution in [3.63, 3.8) is 0 Å². The number of aromatic nitrogens is 1. The van der Waals surface area contributed by atoms with Gasteiger partial charge in [0, 0.05) is 24.2 Å². The van der Waals surface area contributed by atoms with E-state index in [2.05, 4.69) is 27.5 Å². The van der Waals surface area contributed by atoms with E-state index < -0.39 is 77.3 Å². The number of rotatable bonds is 15. The molecule has 3 N–H and O–H groups in total. The number of amides is 4. The van der Waals surface area contributed by atoms with Gasteiger partial charge in [-0.3, -0.25) is 24.1 Å². The molecule has 14 nitrogen and oxygen atoms in total. The lowest BCUT2D eigenvalue weighted by molar-refractivity contribution is -0.143. The lowest BCUT2D eigenvalue weighted by atomic mass is 10.0. The van der Waals surface area contributed by atoms with Gasteiger partial charge >= 0.3 is 6.18 Å². The Kier molecular flexibility index (Phi) is 15.8. The molecule has 0 bridgehead atoms. The summed E-state index contributed by atoms with van der Waals surface area (Å²) in [5.74, 6) is 4.78. The molecule has 2 aliphatic heterocycles. The van der Waals surface area contributed by atoms with Gasteiger partial charge in [0.15, 0.2) is 11.7 Å². The fraction of sp³-hybridized carbons (Fsp3) is 0.327. The van der Waals surface area contributed by atoms with Crippen LogP contribution in [0.5, 0.6) is 11.5 Å². The maximum Gasteiger partial charge on any atom is 0.417 e. The van der Waals surface area contributed by atoms with Gasteiger partial charge < -0.3 is 35.0 Å². The van der Waals surface area contributed by atoms with Crippen LogP contribution in [0.3, 0.4) is 0 Å². The van der Waals surface area contributed by atoms with Crippen molar-refractivity contribution in [3.05, 3.63) is 124 Å². The number of likely N-dealkylation sites (tertiary alicyclic amines) is 1. The Balaban J connectivity index is 0.877. The van der Waals surface area contributed by atoms with Crippen molar-refractivity contribution in [3.8, 4) is 39.8 Å². The van der Waals surface area contributed by atoms with E-state index in [1.165, 1.54) is 24.0 Å². The molecular formula is C52H50F3N7O7S2. The molecule has 2 fully saturated rings. The zero-order chi connectivity index (χ0) is 51.2. The minimum absolute atomic E-state index is 0.0191. The molecule has 4 amide bonds. The summed E-state index contributed by atoms with van der Waals surface area (Å²) < 4.78 is 52.6. The summed E-state index contributed by atoms with van der Waals surface area (Å²) in [7, 11) is 0. The number of hydrogen-bond donors (Lipinski definition) is 3. The van der Waals surface area contributed by atoms with Crippen LogP contribution in [0.25, 0.3) is 10.4 Å². The summed E-state index contributed by atoms with van der Waals surface area (Å²) >= 11 is 7.18. The van der Waals surface area contributed by atoms with Gasteiger partial charge in [-0.05, 0) is 124 Å². The minimum atomic E-state index is -4.82. The number of halogens is 3. The number of carbonyl (C=O) groups excluding carboxylic acids is 4. The first-order valence-electron chi connectivity index (χ1n) is 22.6. The molecule has 0 saturated carbocycles. The first-order valence-corrected chi connectivity index (χ1v) is 23.9. The summed E-state index contributed by atoms with van der Waals surface area (Å²) in [5, 5.41) is 25.8. The summed E-state index contributed by atoms with van der Waals surface area (Å²) in [4.78, 5) is 63.4. The maximum absolute atomic E-state index is 13.9. The van der Waals surface area contributed by atoms with E-state index >= 15 is 0 Å². The number of aliphatic hydroxyl groups is 1. The normalized spacial score (nSPS) is 17.8. The van der Waals surface area contributed by atoms with Crippen molar-refractivity contribution in [2.45, 2.75) is 96.4 Å². The standard InChI is InChI=1S/C52H50F3N7O7S2/c1-6-8-42-44(63)26-43(47(65)57-28-34-10-14-35(15-11-34)46-31(2)58-30-71-46)61(42)48(66)32(3)59-45(64)29-69-40-22-20-39(21-23-40)68-24-7-9-33-12-17-37(18-13-33)62-50(70)60(49(67)51(62,4)5)38-19-16-36(27-56)41(25-38)52(53,54)55/h10-23,25,30,32,42-44,63H,6,8,24,26,28-29H2,1-5H3,(H,57,65)(H,59,64)/t32?,42?,43-,44+/m0/s1. The number of thiazole rings is 1. The molecular weight excluding hydrogens is 956 g/mol. The molecule has 4 aromatic carbocycles. The Hall–Kier alpha value is -7.32. The van der Waals surface area contributed by atoms with Crippen molar-refractivity contribution < 1.29 is 46.9 Å². The van der Waals surface area contributed by atoms with Gasteiger partial charge in [-0.15, -0.1) is 11.3 Å².